The van der Waals surface area contributed by atoms with Gasteiger partial charge in [-0.3, -0.25) is 0 Å². The summed E-state index contributed by atoms with van der Waals surface area (Å²) in [4.78, 5) is 0. The average Bonchev–Trinajstić information content (AvgIpc) is 1.46. The molecule has 0 heterocycles. The van der Waals surface area contributed by atoms with Gasteiger partial charge in [-0.15, -0.1) is 0 Å². The quantitative estimate of drug-likeness (QED) is 0.503. The van der Waals surface area contributed by atoms with E-state index in [4.69, 9.17) is 5.11 Å². The summed E-state index contributed by atoms with van der Waals surface area (Å²) < 4.78 is 0. The third-order valence-corrected chi connectivity index (χ3v) is 0. The van der Waals surface area contributed by atoms with Crippen LogP contribution < -0.4 is 0 Å². The summed E-state index contributed by atoms with van der Waals surface area (Å²) in [7, 11) is 4.21. The Morgan fingerprint density at radius 1 is 1.80 bits per heavy atom. The SMILES string of the molecule is CCO.[S]=[Zn]. The fourth-order valence-electron chi connectivity index (χ4n) is 0. The summed E-state index contributed by atoms with van der Waals surface area (Å²) in [5.41, 5.74) is 0. The zero-order valence-corrected chi connectivity index (χ0v) is 7.05. The van der Waals surface area contributed by atoms with Gasteiger partial charge < -0.3 is 5.11 Å². The minimum absolute atomic E-state index is 0.250. The van der Waals surface area contributed by atoms with Crippen molar-refractivity contribution in [3.05, 3.63) is 0 Å². The van der Waals surface area contributed by atoms with Crippen molar-refractivity contribution in [3.8, 4) is 0 Å². The van der Waals surface area contributed by atoms with Gasteiger partial charge in [0.25, 0.3) is 0 Å². The van der Waals surface area contributed by atoms with Crippen molar-refractivity contribution >= 4 is 10.1 Å². The number of aliphatic hydroxyl groups excluding tert-OH is 1. The first-order valence-corrected chi connectivity index (χ1v) is 5.52. The van der Waals surface area contributed by atoms with Gasteiger partial charge in [-0.25, -0.2) is 0 Å². The second-order valence-electron chi connectivity index (χ2n) is 0.316. The molecule has 0 atom stereocenters. The molecule has 0 fully saturated rings. The standard InChI is InChI=1S/C2H6O.S.Zn/c1-2-3;;/h3H,2H2,1H3;;. The molecule has 0 aliphatic heterocycles. The van der Waals surface area contributed by atoms with Crippen LogP contribution in [0.3, 0.4) is 0 Å². The van der Waals surface area contributed by atoms with Gasteiger partial charge in [0.1, 0.15) is 0 Å². The van der Waals surface area contributed by atoms with E-state index in [2.05, 4.69) is 10.1 Å². The zero-order valence-electron chi connectivity index (χ0n) is 3.27. The van der Waals surface area contributed by atoms with Crippen LogP contribution in [-0.2, 0) is 16.6 Å². The fraction of sp³-hybridized carbons (Fsp3) is 1.00. The van der Waals surface area contributed by atoms with Gasteiger partial charge >= 0.3 is 26.7 Å². The van der Waals surface area contributed by atoms with Crippen LogP contribution in [0.2, 0.25) is 0 Å². The van der Waals surface area contributed by atoms with E-state index in [0.717, 1.165) is 16.6 Å². The first kappa shape index (κ1) is 9.26. The van der Waals surface area contributed by atoms with Crippen molar-refractivity contribution in [1.82, 2.24) is 0 Å². The van der Waals surface area contributed by atoms with Gasteiger partial charge in [0.2, 0.25) is 0 Å². The molecule has 0 bridgehead atoms. The molecule has 0 aromatic heterocycles. The van der Waals surface area contributed by atoms with Crippen molar-refractivity contribution in [3.63, 3.8) is 0 Å². The molecular weight excluding hydrogens is 137 g/mol. The van der Waals surface area contributed by atoms with Crippen LogP contribution in [-0.4, -0.2) is 11.7 Å². The second kappa shape index (κ2) is 21.4. The zero-order chi connectivity index (χ0) is 4.71. The van der Waals surface area contributed by atoms with Gasteiger partial charge in [-0.05, 0) is 6.92 Å². The van der Waals surface area contributed by atoms with E-state index in [1.54, 1.807) is 6.92 Å². The summed E-state index contributed by atoms with van der Waals surface area (Å²) in [6.07, 6.45) is 0. The van der Waals surface area contributed by atoms with Gasteiger partial charge in [0, 0.05) is 6.61 Å². The van der Waals surface area contributed by atoms with Crippen LogP contribution in [0.4, 0.5) is 0 Å². The molecular formula is C2H6OSZn. The monoisotopic (exact) mass is 142 g/mol. The number of aliphatic hydroxyl groups is 1. The molecule has 5 heavy (non-hydrogen) atoms. The van der Waals surface area contributed by atoms with Crippen molar-refractivity contribution in [2.45, 2.75) is 6.92 Å². The molecule has 0 aliphatic carbocycles. The average molecular weight is 144 g/mol. The van der Waals surface area contributed by atoms with Crippen LogP contribution in [0.5, 0.6) is 0 Å². The fourth-order valence-corrected chi connectivity index (χ4v) is 0. The van der Waals surface area contributed by atoms with Crippen LogP contribution in [0.1, 0.15) is 6.92 Å². The summed E-state index contributed by atoms with van der Waals surface area (Å²) >= 11 is 0.958. The summed E-state index contributed by atoms with van der Waals surface area (Å²) in [6.45, 7) is 1.93. The molecule has 28 valence electrons. The molecule has 0 aromatic rings. The van der Waals surface area contributed by atoms with Gasteiger partial charge in [-0.2, -0.15) is 0 Å². The van der Waals surface area contributed by atoms with Crippen molar-refractivity contribution in [1.29, 1.82) is 0 Å². The molecule has 0 aromatic carbocycles. The Kier molecular flexibility index (Phi) is 39.6. The molecule has 1 nitrogen and oxygen atoms in total. The van der Waals surface area contributed by atoms with Crippen molar-refractivity contribution in [2.75, 3.05) is 6.61 Å². The Balaban J connectivity index is 0. The van der Waals surface area contributed by atoms with E-state index in [9.17, 15) is 0 Å². The molecule has 0 unspecified atom stereocenters. The Labute approximate surface area is 45.7 Å². The predicted octanol–water partition coefficient (Wildman–Crippen LogP) is 0.644. The number of hydrogen-bond acceptors (Lipinski definition) is 2. The molecule has 0 amide bonds. The Hall–Kier alpha value is 0.803. The molecule has 0 radical (unpaired) electrons. The molecule has 0 aliphatic rings. The normalized spacial score (nSPS) is 4.80. The van der Waals surface area contributed by atoms with Crippen LogP contribution in [0, 0.1) is 0 Å². The van der Waals surface area contributed by atoms with E-state index < -0.39 is 0 Å². The van der Waals surface area contributed by atoms with Crippen LogP contribution >= 0.6 is 10.1 Å². The Bertz CT molecular complexity index is 13.6. The summed E-state index contributed by atoms with van der Waals surface area (Å²) in [5.74, 6) is 0. The van der Waals surface area contributed by atoms with Crippen LogP contribution in [0.25, 0.3) is 0 Å². The third-order valence-electron chi connectivity index (χ3n) is 0. The van der Waals surface area contributed by atoms with Crippen molar-refractivity contribution < 1.29 is 21.7 Å². The van der Waals surface area contributed by atoms with Crippen LogP contribution in [0.15, 0.2) is 0 Å². The van der Waals surface area contributed by atoms with E-state index in [0.29, 0.717) is 0 Å². The predicted molar refractivity (Wildman–Crippen MR) is 20.4 cm³/mol. The Morgan fingerprint density at radius 2 is 1.80 bits per heavy atom. The molecule has 0 spiro atoms. The van der Waals surface area contributed by atoms with Gasteiger partial charge in [0.15, 0.2) is 0 Å². The molecule has 0 saturated heterocycles. The molecule has 1 N–H and O–H groups in total. The maximum absolute atomic E-state index is 7.57. The topological polar surface area (TPSA) is 20.2 Å². The van der Waals surface area contributed by atoms with Crippen molar-refractivity contribution in [2.24, 2.45) is 0 Å². The maximum atomic E-state index is 7.57. The molecule has 3 heteroatoms. The number of hydrogen-bond donors (Lipinski definition) is 1. The minimum atomic E-state index is 0.250. The van der Waals surface area contributed by atoms with E-state index >= 15 is 0 Å². The molecule has 0 saturated carbocycles. The first-order valence-electron chi connectivity index (χ1n) is 1.31. The summed E-state index contributed by atoms with van der Waals surface area (Å²) in [6, 6.07) is 0. The van der Waals surface area contributed by atoms with E-state index in [1.165, 1.54) is 0 Å². The van der Waals surface area contributed by atoms with E-state index in [1.807, 2.05) is 0 Å². The van der Waals surface area contributed by atoms with Gasteiger partial charge in [0.05, 0.1) is 0 Å². The number of rotatable bonds is 0. The van der Waals surface area contributed by atoms with E-state index in [-0.39, 0.29) is 6.61 Å². The second-order valence-corrected chi connectivity index (χ2v) is 0.316. The first-order chi connectivity index (χ1) is 2.41. The molecule has 0 rings (SSSR count). The van der Waals surface area contributed by atoms with Gasteiger partial charge in [-0.1, -0.05) is 0 Å². The Morgan fingerprint density at radius 3 is 1.80 bits per heavy atom. The summed E-state index contributed by atoms with van der Waals surface area (Å²) in [5, 5.41) is 7.57. The third kappa shape index (κ3) is 58.5.